The molecule has 6 heteroatoms. The van der Waals surface area contributed by atoms with Crippen molar-refractivity contribution in [2.24, 2.45) is 0 Å². The Labute approximate surface area is 170 Å². The first-order valence-electron chi connectivity index (χ1n) is 8.77. The molecule has 0 fully saturated rings. The second-order valence-electron chi connectivity index (χ2n) is 7.81. The molecule has 0 radical (unpaired) electrons. The van der Waals surface area contributed by atoms with E-state index in [1.165, 1.54) is 17.2 Å². The van der Waals surface area contributed by atoms with E-state index in [2.05, 4.69) is 75.2 Å². The van der Waals surface area contributed by atoms with Gasteiger partial charge in [-0.05, 0) is 68.3 Å². The topological polar surface area (TPSA) is 56.5 Å². The van der Waals surface area contributed by atoms with Gasteiger partial charge in [-0.1, -0.05) is 36.9 Å². The molecule has 1 aromatic rings. The molecule has 0 saturated heterocycles. The van der Waals surface area contributed by atoms with E-state index in [4.69, 9.17) is 9.15 Å². The Morgan fingerprint density at radius 1 is 1.27 bits per heavy atom. The summed E-state index contributed by atoms with van der Waals surface area (Å²) in [5.41, 5.74) is 1.88. The van der Waals surface area contributed by atoms with Crippen LogP contribution in [0.5, 0.6) is 0 Å². The summed E-state index contributed by atoms with van der Waals surface area (Å²) in [4.78, 5) is 23.8. The van der Waals surface area contributed by atoms with Crippen molar-refractivity contribution in [1.29, 1.82) is 0 Å². The molecule has 0 unspecified atom stereocenters. The molecule has 4 nitrogen and oxygen atoms in total. The zero-order valence-corrected chi connectivity index (χ0v) is 19.7. The number of carbonyl (C=O) groups is 1. The zero-order valence-electron chi connectivity index (χ0n) is 16.5. The normalized spacial score (nSPS) is 13.3. The van der Waals surface area contributed by atoms with Gasteiger partial charge in [0.05, 0.1) is 11.6 Å². The molecule has 1 atom stereocenters. The zero-order chi connectivity index (χ0) is 19.9. The van der Waals surface area contributed by atoms with Crippen LogP contribution < -0.4 is 5.63 Å². The van der Waals surface area contributed by atoms with Crippen molar-refractivity contribution < 1.29 is 13.9 Å². The molecule has 0 aliphatic carbocycles. The lowest BCUT2D eigenvalue weighted by atomic mass is 10.1. The van der Waals surface area contributed by atoms with E-state index in [-0.39, 0.29) is 18.1 Å². The Bertz CT molecular complexity index is 737. The molecule has 144 valence electrons. The average molecular weight is 488 g/mol. The highest BCUT2D eigenvalue weighted by molar-refractivity contribution is 14.1. The van der Waals surface area contributed by atoms with E-state index in [9.17, 15) is 9.59 Å². The van der Waals surface area contributed by atoms with Gasteiger partial charge in [0.2, 0.25) is 0 Å². The van der Waals surface area contributed by atoms with Crippen molar-refractivity contribution in [2.75, 3.05) is 0 Å². The van der Waals surface area contributed by atoms with Gasteiger partial charge in [-0.3, -0.25) is 4.79 Å². The maximum absolute atomic E-state index is 12.4. The number of hydrogen-bond acceptors (Lipinski definition) is 4. The minimum absolute atomic E-state index is 0.0278. The van der Waals surface area contributed by atoms with Crippen LogP contribution in [0.4, 0.5) is 0 Å². The SMILES string of the molecule is CC(C)=CCC/C(C)=C/[C@@H](OC(=O)Cc1oc(=O)ccc1I)[Si](C)(C)C. The van der Waals surface area contributed by atoms with Crippen molar-refractivity contribution in [1.82, 2.24) is 0 Å². The van der Waals surface area contributed by atoms with Crippen LogP contribution in [0, 0.1) is 3.57 Å². The number of allylic oxidation sites excluding steroid dienone is 3. The lowest BCUT2D eigenvalue weighted by Gasteiger charge is -2.27. The molecule has 0 spiro atoms. The van der Waals surface area contributed by atoms with Gasteiger partial charge < -0.3 is 9.15 Å². The van der Waals surface area contributed by atoms with Crippen molar-refractivity contribution >= 4 is 36.6 Å². The average Bonchev–Trinajstić information content (AvgIpc) is 2.49. The molecule has 0 N–H and O–H groups in total. The molecule has 1 heterocycles. The molecule has 0 saturated carbocycles. The van der Waals surface area contributed by atoms with Crippen LogP contribution in [0.3, 0.4) is 0 Å². The molecule has 0 bridgehead atoms. The number of esters is 1. The first-order valence-corrected chi connectivity index (χ1v) is 13.4. The molecule has 26 heavy (non-hydrogen) atoms. The Hall–Kier alpha value is -1.15. The Morgan fingerprint density at radius 3 is 2.50 bits per heavy atom. The van der Waals surface area contributed by atoms with Crippen LogP contribution in [0.2, 0.25) is 19.6 Å². The van der Waals surface area contributed by atoms with Crippen LogP contribution in [0.1, 0.15) is 39.4 Å². The van der Waals surface area contributed by atoms with Gasteiger partial charge in [0.15, 0.2) is 0 Å². The van der Waals surface area contributed by atoms with E-state index < -0.39 is 13.7 Å². The largest absolute Gasteiger partial charge is 0.462 e. The predicted molar refractivity (Wildman–Crippen MR) is 117 cm³/mol. The summed E-state index contributed by atoms with van der Waals surface area (Å²) in [6.45, 7) is 12.8. The van der Waals surface area contributed by atoms with Gasteiger partial charge in [-0.25, -0.2) is 4.79 Å². The fourth-order valence-electron chi connectivity index (χ4n) is 2.26. The number of ether oxygens (including phenoxy) is 1. The van der Waals surface area contributed by atoms with E-state index in [1.807, 2.05) is 0 Å². The summed E-state index contributed by atoms with van der Waals surface area (Å²) >= 11 is 2.05. The fraction of sp³-hybridized carbons (Fsp3) is 0.500. The second-order valence-corrected chi connectivity index (χ2v) is 14.3. The van der Waals surface area contributed by atoms with Gasteiger partial charge in [0.25, 0.3) is 0 Å². The third-order valence-corrected chi connectivity index (χ3v) is 6.75. The van der Waals surface area contributed by atoms with Gasteiger partial charge >= 0.3 is 11.6 Å². The molecule has 0 aromatic carbocycles. The lowest BCUT2D eigenvalue weighted by Crippen LogP contribution is -2.41. The minimum atomic E-state index is -1.74. The highest BCUT2D eigenvalue weighted by atomic mass is 127. The Balaban J connectivity index is 2.84. The highest BCUT2D eigenvalue weighted by Gasteiger charge is 2.29. The molecule has 0 aliphatic rings. The molecular weight excluding hydrogens is 459 g/mol. The van der Waals surface area contributed by atoms with Crippen LogP contribution in [-0.4, -0.2) is 19.8 Å². The monoisotopic (exact) mass is 488 g/mol. The molecule has 0 aliphatic heterocycles. The first kappa shape index (κ1) is 22.9. The van der Waals surface area contributed by atoms with Gasteiger partial charge in [0.1, 0.15) is 17.9 Å². The first-order chi connectivity index (χ1) is 12.0. The summed E-state index contributed by atoms with van der Waals surface area (Å²) in [7, 11) is -1.74. The number of rotatable bonds is 8. The van der Waals surface area contributed by atoms with Gasteiger partial charge in [0, 0.05) is 6.07 Å². The molecule has 1 aromatic heterocycles. The van der Waals surface area contributed by atoms with Crippen molar-refractivity contribution in [3.05, 3.63) is 55.2 Å². The highest BCUT2D eigenvalue weighted by Crippen LogP contribution is 2.19. The quantitative estimate of drug-likeness (QED) is 0.217. The van der Waals surface area contributed by atoms with Crippen molar-refractivity contribution in [3.63, 3.8) is 0 Å². The summed E-state index contributed by atoms with van der Waals surface area (Å²) < 4.78 is 11.7. The van der Waals surface area contributed by atoms with Crippen molar-refractivity contribution in [2.45, 2.75) is 65.4 Å². The standard InChI is InChI=1S/C20H29IO4Si/c1-14(2)8-7-9-15(3)12-20(26(4,5)6)25-19(23)13-17-16(21)10-11-18(22)24-17/h8,10-12,20H,7,9,13H2,1-6H3/b15-12+/t20-/m0/s1. The van der Waals surface area contributed by atoms with Crippen LogP contribution in [-0.2, 0) is 16.0 Å². The van der Waals surface area contributed by atoms with E-state index in [1.54, 1.807) is 6.07 Å². The Morgan fingerprint density at radius 2 is 1.92 bits per heavy atom. The smallest absolute Gasteiger partial charge is 0.335 e. The maximum atomic E-state index is 12.4. The van der Waals surface area contributed by atoms with Crippen LogP contribution in [0.15, 0.2) is 44.6 Å². The summed E-state index contributed by atoms with van der Waals surface area (Å²) in [6.07, 6.45) is 6.22. The lowest BCUT2D eigenvalue weighted by molar-refractivity contribution is -0.143. The fourth-order valence-corrected chi connectivity index (χ4v) is 4.01. The van der Waals surface area contributed by atoms with E-state index in [0.29, 0.717) is 5.76 Å². The predicted octanol–water partition coefficient (Wildman–Crippen LogP) is 5.27. The molecule has 0 amide bonds. The van der Waals surface area contributed by atoms with Gasteiger partial charge in [-0.2, -0.15) is 0 Å². The maximum Gasteiger partial charge on any atom is 0.335 e. The van der Waals surface area contributed by atoms with Gasteiger partial charge in [-0.15, -0.1) is 0 Å². The third kappa shape index (κ3) is 8.49. The van der Waals surface area contributed by atoms with E-state index >= 15 is 0 Å². The number of carbonyl (C=O) groups excluding carboxylic acids is 1. The number of hydrogen-bond donors (Lipinski definition) is 0. The van der Waals surface area contributed by atoms with Crippen LogP contribution >= 0.6 is 22.6 Å². The number of halogens is 1. The minimum Gasteiger partial charge on any atom is -0.462 e. The Kier molecular flexibility index (Phi) is 9.02. The molecular formula is C20H29IO4Si. The molecule has 1 rings (SSSR count). The van der Waals surface area contributed by atoms with Crippen molar-refractivity contribution in [3.8, 4) is 0 Å². The second kappa shape index (κ2) is 10.3. The third-order valence-electron chi connectivity index (χ3n) is 3.80. The summed E-state index contributed by atoms with van der Waals surface area (Å²) in [5, 5.41) is 0. The summed E-state index contributed by atoms with van der Waals surface area (Å²) in [5.74, 6) is -0.000255. The van der Waals surface area contributed by atoms with E-state index in [0.717, 1.165) is 16.4 Å². The van der Waals surface area contributed by atoms with Crippen LogP contribution in [0.25, 0.3) is 0 Å². The summed E-state index contributed by atoms with van der Waals surface area (Å²) in [6, 6.07) is 3.00.